The molecular formula is C21H30N2O4S. The zero-order valence-corrected chi connectivity index (χ0v) is 18.0. The molecule has 6 nitrogen and oxygen atoms in total. The van der Waals surface area contributed by atoms with Crippen molar-refractivity contribution >= 4 is 34.1 Å². The normalized spacial score (nSPS) is 22.9. The Kier molecular flexibility index (Phi) is 6.43. The summed E-state index contributed by atoms with van der Waals surface area (Å²) in [4.78, 5) is 40.6. The van der Waals surface area contributed by atoms with Crippen LogP contribution in [-0.2, 0) is 9.53 Å². The number of carbonyl (C=O) groups is 3. The van der Waals surface area contributed by atoms with Crippen LogP contribution in [0.5, 0.6) is 0 Å². The van der Waals surface area contributed by atoms with Gasteiger partial charge in [0.05, 0.1) is 17.0 Å². The lowest BCUT2D eigenvalue weighted by Crippen LogP contribution is -2.30. The van der Waals surface area contributed by atoms with Crippen molar-refractivity contribution in [1.29, 1.82) is 0 Å². The molecule has 0 aliphatic heterocycles. The minimum Gasteiger partial charge on any atom is -0.462 e. The average molecular weight is 407 g/mol. The van der Waals surface area contributed by atoms with E-state index in [-0.39, 0.29) is 24.3 Å². The Morgan fingerprint density at radius 3 is 2.39 bits per heavy atom. The van der Waals surface area contributed by atoms with Gasteiger partial charge in [0.2, 0.25) is 5.91 Å². The molecule has 1 aromatic heterocycles. The summed E-state index contributed by atoms with van der Waals surface area (Å²) in [6.07, 6.45) is 4.41. The van der Waals surface area contributed by atoms with Crippen molar-refractivity contribution in [2.45, 2.75) is 53.4 Å². The van der Waals surface area contributed by atoms with E-state index in [1.165, 1.54) is 17.8 Å². The summed E-state index contributed by atoms with van der Waals surface area (Å²) in [5, 5.41) is 3.42. The van der Waals surface area contributed by atoms with Gasteiger partial charge in [0.25, 0.3) is 5.91 Å². The summed E-state index contributed by atoms with van der Waals surface area (Å²) in [6, 6.07) is 0. The van der Waals surface area contributed by atoms with E-state index in [2.05, 4.69) is 5.32 Å². The number of ether oxygens (including phenoxy) is 1. The van der Waals surface area contributed by atoms with Gasteiger partial charge in [-0.1, -0.05) is 6.42 Å². The third-order valence-electron chi connectivity index (χ3n) is 6.18. The number of amides is 2. The molecule has 1 aromatic rings. The molecule has 1 heterocycles. The van der Waals surface area contributed by atoms with Gasteiger partial charge in [-0.05, 0) is 64.4 Å². The highest BCUT2D eigenvalue weighted by Crippen LogP contribution is 2.49. The van der Waals surface area contributed by atoms with Crippen molar-refractivity contribution in [1.82, 2.24) is 4.90 Å². The molecular weight excluding hydrogens is 376 g/mol. The third-order valence-corrected chi connectivity index (χ3v) is 7.38. The maximum absolute atomic E-state index is 12.9. The fourth-order valence-electron chi connectivity index (χ4n) is 4.68. The molecule has 3 atom stereocenters. The van der Waals surface area contributed by atoms with Crippen LogP contribution in [0.4, 0.5) is 5.00 Å². The van der Waals surface area contributed by atoms with Crippen LogP contribution in [0.15, 0.2) is 0 Å². The lowest BCUT2D eigenvalue weighted by molar-refractivity contribution is -0.121. The van der Waals surface area contributed by atoms with Crippen LogP contribution in [0.2, 0.25) is 0 Å². The van der Waals surface area contributed by atoms with Crippen LogP contribution < -0.4 is 5.32 Å². The van der Waals surface area contributed by atoms with Gasteiger partial charge in [-0.2, -0.15) is 0 Å². The second kappa shape index (κ2) is 8.64. The van der Waals surface area contributed by atoms with E-state index in [1.807, 2.05) is 13.8 Å². The summed E-state index contributed by atoms with van der Waals surface area (Å²) >= 11 is 1.19. The lowest BCUT2D eigenvalue weighted by atomic mass is 9.88. The van der Waals surface area contributed by atoms with Gasteiger partial charge in [0.1, 0.15) is 5.00 Å². The molecule has 154 valence electrons. The monoisotopic (exact) mass is 406 g/mol. The molecule has 0 radical (unpaired) electrons. The fraction of sp³-hybridized carbons (Fsp3) is 0.667. The number of esters is 1. The second-order valence-electron chi connectivity index (χ2n) is 7.73. The van der Waals surface area contributed by atoms with E-state index < -0.39 is 5.97 Å². The van der Waals surface area contributed by atoms with Gasteiger partial charge < -0.3 is 15.0 Å². The van der Waals surface area contributed by atoms with Gasteiger partial charge >= 0.3 is 5.97 Å². The maximum Gasteiger partial charge on any atom is 0.341 e. The predicted octanol–water partition coefficient (Wildman–Crippen LogP) is 4.09. The average Bonchev–Trinajstić information content (AvgIpc) is 3.37. The highest BCUT2D eigenvalue weighted by atomic mass is 32.1. The predicted molar refractivity (Wildman–Crippen MR) is 110 cm³/mol. The number of nitrogens with zero attached hydrogens (tertiary/aromatic N) is 1. The number of fused-ring (bicyclic) bond motifs is 2. The molecule has 0 saturated heterocycles. The summed E-state index contributed by atoms with van der Waals surface area (Å²) in [5.41, 5.74) is 0.905. The van der Waals surface area contributed by atoms with Gasteiger partial charge in [0, 0.05) is 19.0 Å². The van der Waals surface area contributed by atoms with Gasteiger partial charge in [-0.15, -0.1) is 11.3 Å². The maximum atomic E-state index is 12.9. The van der Waals surface area contributed by atoms with Crippen molar-refractivity contribution in [2.24, 2.45) is 17.8 Å². The quantitative estimate of drug-likeness (QED) is 0.692. The lowest BCUT2D eigenvalue weighted by Gasteiger charge is -2.20. The minimum atomic E-state index is -0.488. The van der Waals surface area contributed by atoms with Crippen LogP contribution in [0, 0.1) is 24.7 Å². The SMILES string of the molecule is CCOC(=O)c1c(NC(=O)[C@H]2C[C@H]3CC[C@H]2C3)sc(C(=O)N(CC)CC)c1C. The molecule has 0 aromatic carbocycles. The molecule has 0 spiro atoms. The zero-order chi connectivity index (χ0) is 20.4. The van der Waals surface area contributed by atoms with E-state index in [9.17, 15) is 14.4 Å². The highest BCUT2D eigenvalue weighted by Gasteiger charge is 2.43. The molecule has 2 aliphatic rings. The van der Waals surface area contributed by atoms with Crippen LogP contribution >= 0.6 is 11.3 Å². The number of hydrogen-bond donors (Lipinski definition) is 1. The summed E-state index contributed by atoms with van der Waals surface area (Å²) in [6.45, 7) is 8.78. The largest absolute Gasteiger partial charge is 0.462 e. The number of thiophene rings is 1. The van der Waals surface area contributed by atoms with E-state index in [0.717, 1.165) is 19.3 Å². The first-order valence-electron chi connectivity index (χ1n) is 10.3. The van der Waals surface area contributed by atoms with Crippen LogP contribution in [0.1, 0.15) is 72.0 Å². The van der Waals surface area contributed by atoms with Crippen molar-refractivity contribution < 1.29 is 19.1 Å². The van der Waals surface area contributed by atoms with E-state index >= 15 is 0 Å². The molecule has 2 amide bonds. The molecule has 2 fully saturated rings. The molecule has 2 bridgehead atoms. The van der Waals surface area contributed by atoms with Crippen molar-refractivity contribution in [3.05, 3.63) is 16.0 Å². The molecule has 28 heavy (non-hydrogen) atoms. The molecule has 7 heteroatoms. The van der Waals surface area contributed by atoms with Crippen LogP contribution in [-0.4, -0.2) is 42.4 Å². The van der Waals surface area contributed by atoms with Crippen LogP contribution in [0.3, 0.4) is 0 Å². The number of nitrogens with one attached hydrogen (secondary N) is 1. The number of anilines is 1. The second-order valence-corrected chi connectivity index (χ2v) is 8.75. The smallest absolute Gasteiger partial charge is 0.341 e. The van der Waals surface area contributed by atoms with Crippen molar-refractivity contribution in [3.63, 3.8) is 0 Å². The van der Waals surface area contributed by atoms with Crippen molar-refractivity contribution in [3.8, 4) is 0 Å². The zero-order valence-electron chi connectivity index (χ0n) is 17.2. The first-order valence-corrected chi connectivity index (χ1v) is 11.1. The molecule has 2 aliphatic carbocycles. The Morgan fingerprint density at radius 1 is 1.14 bits per heavy atom. The van der Waals surface area contributed by atoms with Gasteiger partial charge in [-0.25, -0.2) is 4.79 Å². The minimum absolute atomic E-state index is 0.0122. The van der Waals surface area contributed by atoms with Gasteiger partial charge in [-0.3, -0.25) is 9.59 Å². The molecule has 3 rings (SSSR count). The highest BCUT2D eigenvalue weighted by molar-refractivity contribution is 7.18. The Hall–Kier alpha value is -1.89. The van der Waals surface area contributed by atoms with Gasteiger partial charge in [0.15, 0.2) is 0 Å². The van der Waals surface area contributed by atoms with Crippen LogP contribution in [0.25, 0.3) is 0 Å². The number of carbonyl (C=O) groups excluding carboxylic acids is 3. The Labute approximate surface area is 170 Å². The molecule has 1 N–H and O–H groups in total. The topological polar surface area (TPSA) is 75.7 Å². The first-order chi connectivity index (χ1) is 13.4. The first kappa shape index (κ1) is 20.8. The number of hydrogen-bond acceptors (Lipinski definition) is 5. The Bertz CT molecular complexity index is 769. The Morgan fingerprint density at radius 2 is 1.86 bits per heavy atom. The Balaban J connectivity index is 1.89. The molecule has 2 saturated carbocycles. The van der Waals surface area contributed by atoms with E-state index in [4.69, 9.17) is 4.74 Å². The fourth-order valence-corrected chi connectivity index (χ4v) is 5.85. The standard InChI is InChI=1S/C21H30N2O4S/c1-5-23(6-2)20(25)17-12(4)16(21(26)27-7-3)19(28-17)22-18(24)15-11-13-8-9-14(15)10-13/h13-15H,5-11H2,1-4H3,(H,22,24)/t13-,14-,15-/m0/s1. The van der Waals surface area contributed by atoms with E-state index in [1.54, 1.807) is 18.7 Å². The summed E-state index contributed by atoms with van der Waals surface area (Å²) in [5.74, 6) is 0.500. The van der Waals surface area contributed by atoms with E-state index in [0.29, 0.717) is 45.9 Å². The number of rotatable bonds is 7. The van der Waals surface area contributed by atoms with Crippen molar-refractivity contribution in [2.75, 3.05) is 25.0 Å². The summed E-state index contributed by atoms with van der Waals surface area (Å²) < 4.78 is 5.20. The summed E-state index contributed by atoms with van der Waals surface area (Å²) in [7, 11) is 0. The molecule has 0 unspecified atom stereocenters. The third kappa shape index (κ3) is 3.81.